The number of imide groups is 1. The Morgan fingerprint density at radius 1 is 1.40 bits per heavy atom. The number of hydrogen-bond donors (Lipinski definition) is 1. The van der Waals surface area contributed by atoms with E-state index in [1.807, 2.05) is 0 Å². The normalized spacial score (nSPS) is 15.9. The Labute approximate surface area is 115 Å². The van der Waals surface area contributed by atoms with E-state index in [0.29, 0.717) is 31.1 Å². The van der Waals surface area contributed by atoms with E-state index in [-0.39, 0.29) is 21.5 Å². The zero-order valence-corrected chi connectivity index (χ0v) is 10.9. The first-order valence-electron chi connectivity index (χ1n) is 5.54. The third kappa shape index (κ3) is 2.86. The van der Waals surface area contributed by atoms with Gasteiger partial charge in [0.25, 0.3) is 5.82 Å². The summed E-state index contributed by atoms with van der Waals surface area (Å²) < 4.78 is 37.6. The lowest BCUT2D eigenvalue weighted by Gasteiger charge is -2.12. The Balaban J connectivity index is 2.00. The van der Waals surface area contributed by atoms with Crippen molar-refractivity contribution in [2.75, 3.05) is 18.1 Å². The highest BCUT2D eigenvalue weighted by Crippen LogP contribution is 2.29. The van der Waals surface area contributed by atoms with Gasteiger partial charge in [-0.05, 0) is 6.42 Å². The van der Waals surface area contributed by atoms with Crippen LogP contribution in [0.2, 0.25) is 0 Å². The summed E-state index contributed by atoms with van der Waals surface area (Å²) in [5.41, 5.74) is 0. The molecule has 1 aromatic rings. The smallest absolute Gasteiger partial charge is 0.335 e. The maximum absolute atomic E-state index is 12.4. The molecule has 20 heavy (non-hydrogen) atoms. The number of carbonyl (C=O) groups excluding carboxylic acids is 2. The summed E-state index contributed by atoms with van der Waals surface area (Å²) in [6.07, 6.45) is -3.81. The molecule has 11 heteroatoms. The van der Waals surface area contributed by atoms with Crippen LogP contribution in [0, 0.1) is 0 Å². The molecular formula is C9H10F3N5O2S. The van der Waals surface area contributed by atoms with Crippen molar-refractivity contribution in [2.24, 2.45) is 0 Å². The van der Waals surface area contributed by atoms with Gasteiger partial charge in [0.2, 0.25) is 17.0 Å². The van der Waals surface area contributed by atoms with Crippen LogP contribution in [0.4, 0.5) is 13.2 Å². The summed E-state index contributed by atoms with van der Waals surface area (Å²) in [5.74, 6) is 2.89. The number of aromatic nitrogens is 3. The largest absolute Gasteiger partial charge is 0.453 e. The highest BCUT2D eigenvalue weighted by Gasteiger charge is 2.38. The number of amides is 2. The van der Waals surface area contributed by atoms with E-state index >= 15 is 0 Å². The molecule has 0 saturated carbocycles. The third-order valence-electron chi connectivity index (χ3n) is 2.62. The van der Waals surface area contributed by atoms with Crippen LogP contribution in [-0.4, -0.2) is 43.9 Å². The summed E-state index contributed by atoms with van der Waals surface area (Å²) >= 11 is 0.702. The van der Waals surface area contributed by atoms with E-state index in [1.54, 1.807) is 0 Å². The van der Waals surface area contributed by atoms with Gasteiger partial charge in [0.15, 0.2) is 0 Å². The van der Waals surface area contributed by atoms with E-state index in [2.05, 4.69) is 10.2 Å². The summed E-state index contributed by atoms with van der Waals surface area (Å²) in [6.45, 7) is 0.335. The average Bonchev–Trinajstić information content (AvgIpc) is 2.92. The van der Waals surface area contributed by atoms with Crippen molar-refractivity contribution in [3.63, 3.8) is 0 Å². The first kappa shape index (κ1) is 14.6. The van der Waals surface area contributed by atoms with Gasteiger partial charge in [0.05, 0.1) is 5.75 Å². The minimum atomic E-state index is -4.71. The van der Waals surface area contributed by atoms with Gasteiger partial charge in [-0.2, -0.15) is 13.2 Å². The van der Waals surface area contributed by atoms with E-state index < -0.39 is 17.9 Å². The zero-order chi connectivity index (χ0) is 14.9. The van der Waals surface area contributed by atoms with Crippen molar-refractivity contribution < 1.29 is 22.8 Å². The third-order valence-corrected chi connectivity index (χ3v) is 3.55. The van der Waals surface area contributed by atoms with Crippen molar-refractivity contribution in [2.45, 2.75) is 24.2 Å². The maximum Gasteiger partial charge on any atom is 0.453 e. The molecule has 2 N–H and O–H groups in total. The Hall–Kier alpha value is -1.78. The molecule has 2 rings (SSSR count). The van der Waals surface area contributed by atoms with Crippen LogP contribution in [0.15, 0.2) is 5.16 Å². The predicted molar refractivity (Wildman–Crippen MR) is 61.9 cm³/mol. The van der Waals surface area contributed by atoms with Gasteiger partial charge in [0, 0.05) is 13.0 Å². The molecule has 0 radical (unpaired) electrons. The topological polar surface area (TPSA) is 94.1 Å². The Morgan fingerprint density at radius 2 is 2.10 bits per heavy atom. The van der Waals surface area contributed by atoms with E-state index in [1.165, 1.54) is 0 Å². The van der Waals surface area contributed by atoms with Crippen molar-refractivity contribution in [3.05, 3.63) is 5.82 Å². The van der Waals surface area contributed by atoms with Gasteiger partial charge in [-0.25, -0.2) is 4.68 Å². The molecular weight excluding hydrogens is 299 g/mol. The number of rotatable bonds is 3. The molecule has 2 heterocycles. The molecule has 1 aliphatic heterocycles. The quantitative estimate of drug-likeness (QED) is 0.635. The van der Waals surface area contributed by atoms with Crippen molar-refractivity contribution in [1.29, 1.82) is 0 Å². The number of likely N-dealkylation sites (tertiary alicyclic amines) is 1. The molecule has 0 atom stereocenters. The van der Waals surface area contributed by atoms with E-state index in [9.17, 15) is 22.8 Å². The van der Waals surface area contributed by atoms with Crippen LogP contribution >= 0.6 is 11.8 Å². The molecule has 1 fully saturated rings. The van der Waals surface area contributed by atoms with E-state index in [0.717, 1.165) is 4.90 Å². The minimum absolute atomic E-state index is 0.223. The average molecular weight is 309 g/mol. The highest BCUT2D eigenvalue weighted by atomic mass is 32.2. The Bertz CT molecular complexity index is 544. The molecule has 110 valence electrons. The summed E-state index contributed by atoms with van der Waals surface area (Å²) in [5, 5.41) is 5.96. The van der Waals surface area contributed by atoms with Crippen LogP contribution in [0.1, 0.15) is 18.7 Å². The van der Waals surface area contributed by atoms with E-state index in [4.69, 9.17) is 5.84 Å². The summed E-state index contributed by atoms with van der Waals surface area (Å²) in [4.78, 5) is 24.1. The fraction of sp³-hybridized carbons (Fsp3) is 0.556. The number of nitrogen functional groups attached to an aromatic ring is 1. The molecule has 0 aliphatic carbocycles. The fourth-order valence-corrected chi connectivity index (χ4v) is 2.42. The number of alkyl halides is 3. The van der Waals surface area contributed by atoms with Gasteiger partial charge < -0.3 is 5.84 Å². The van der Waals surface area contributed by atoms with Crippen LogP contribution < -0.4 is 5.84 Å². The first-order chi connectivity index (χ1) is 9.30. The lowest BCUT2D eigenvalue weighted by Crippen LogP contribution is -2.33. The minimum Gasteiger partial charge on any atom is -0.335 e. The molecule has 0 unspecified atom stereocenters. The van der Waals surface area contributed by atoms with Crippen molar-refractivity contribution in [3.8, 4) is 0 Å². The number of nitrogens with two attached hydrogens (primary N) is 1. The highest BCUT2D eigenvalue weighted by molar-refractivity contribution is 7.99. The van der Waals surface area contributed by atoms with Crippen LogP contribution in [-0.2, 0) is 15.8 Å². The molecule has 1 saturated heterocycles. The summed E-state index contributed by atoms with van der Waals surface area (Å²) in [7, 11) is 0. The molecule has 0 spiro atoms. The molecule has 1 aliphatic rings. The second kappa shape index (κ2) is 5.31. The van der Waals surface area contributed by atoms with Gasteiger partial charge in [-0.1, -0.05) is 11.8 Å². The van der Waals surface area contributed by atoms with Crippen LogP contribution in [0.5, 0.6) is 0 Å². The standard InChI is InChI=1S/C9H10F3N5O2S/c10-9(11,12)7-14-15-8(17(7)13)20-4-6(19)16-3-1-2-5(16)18/h1-4,13H2. The second-order valence-electron chi connectivity index (χ2n) is 4.01. The number of nitrogens with zero attached hydrogens (tertiary/aromatic N) is 4. The molecule has 1 aromatic heterocycles. The molecule has 2 amide bonds. The van der Waals surface area contributed by atoms with Crippen LogP contribution in [0.25, 0.3) is 0 Å². The van der Waals surface area contributed by atoms with Crippen LogP contribution in [0.3, 0.4) is 0 Å². The molecule has 0 bridgehead atoms. The summed E-state index contributed by atoms with van der Waals surface area (Å²) in [6, 6.07) is 0. The second-order valence-corrected chi connectivity index (χ2v) is 4.95. The zero-order valence-electron chi connectivity index (χ0n) is 10.1. The lowest BCUT2D eigenvalue weighted by atomic mass is 10.4. The van der Waals surface area contributed by atoms with Gasteiger partial charge in [-0.15, -0.1) is 10.2 Å². The van der Waals surface area contributed by atoms with Crippen molar-refractivity contribution >= 4 is 23.6 Å². The molecule has 7 nitrogen and oxygen atoms in total. The molecule has 0 aromatic carbocycles. The maximum atomic E-state index is 12.4. The number of hydrogen-bond acceptors (Lipinski definition) is 6. The lowest BCUT2D eigenvalue weighted by molar-refractivity contribution is -0.147. The monoisotopic (exact) mass is 309 g/mol. The number of thioether (sulfide) groups is 1. The van der Waals surface area contributed by atoms with Crippen molar-refractivity contribution in [1.82, 2.24) is 19.8 Å². The fourth-order valence-electron chi connectivity index (χ4n) is 1.68. The van der Waals surface area contributed by atoms with Gasteiger partial charge >= 0.3 is 6.18 Å². The SMILES string of the molecule is Nn1c(SCC(=O)N2CCCC2=O)nnc1C(F)(F)F. The van der Waals surface area contributed by atoms with Gasteiger partial charge in [-0.3, -0.25) is 14.5 Å². The number of halogens is 3. The number of carbonyl (C=O) groups is 2. The Kier molecular flexibility index (Phi) is 3.88. The Morgan fingerprint density at radius 3 is 2.60 bits per heavy atom. The first-order valence-corrected chi connectivity index (χ1v) is 6.53. The van der Waals surface area contributed by atoms with Gasteiger partial charge in [0.1, 0.15) is 0 Å². The predicted octanol–water partition coefficient (Wildman–Crippen LogP) is 0.252.